The number of thiocarbonyl (C=S) groups is 1. The van der Waals surface area contributed by atoms with Crippen molar-refractivity contribution in [3.8, 4) is 0 Å². The van der Waals surface area contributed by atoms with Crippen molar-refractivity contribution in [3.63, 3.8) is 0 Å². The zero-order valence-corrected chi connectivity index (χ0v) is 13.6. The maximum atomic E-state index is 5.92. The first kappa shape index (κ1) is 14.9. The molecule has 0 aliphatic rings. The van der Waals surface area contributed by atoms with E-state index in [1.54, 1.807) is 0 Å². The topological polar surface area (TPSA) is 38.9 Å². The molecular weight excluding hydrogens is 264 g/mol. The summed E-state index contributed by atoms with van der Waals surface area (Å²) >= 11 is 5.23. The maximum absolute atomic E-state index is 5.92. The van der Waals surface area contributed by atoms with Crippen molar-refractivity contribution in [1.82, 2.24) is 4.98 Å². The van der Waals surface area contributed by atoms with Crippen LogP contribution in [0.4, 0.5) is 0 Å². The largest absolute Gasteiger partial charge is 0.389 e. The highest BCUT2D eigenvalue weighted by Gasteiger charge is 2.19. The molecule has 0 saturated carbocycles. The van der Waals surface area contributed by atoms with Gasteiger partial charge in [0.1, 0.15) is 4.99 Å². The Morgan fingerprint density at radius 1 is 1.20 bits per heavy atom. The Kier molecular flexibility index (Phi) is 3.83. The molecule has 0 aliphatic carbocycles. The smallest absolute Gasteiger partial charge is 0.104 e. The van der Waals surface area contributed by atoms with Crippen molar-refractivity contribution < 1.29 is 0 Å². The molecule has 106 valence electrons. The van der Waals surface area contributed by atoms with E-state index in [4.69, 9.17) is 22.9 Å². The number of nitrogens with zero attached hydrogens (tertiary/aromatic N) is 1. The molecule has 1 heterocycles. The summed E-state index contributed by atoms with van der Waals surface area (Å²) < 4.78 is 0. The van der Waals surface area contributed by atoms with Crippen molar-refractivity contribution >= 4 is 28.1 Å². The second-order valence-electron chi connectivity index (χ2n) is 6.60. The van der Waals surface area contributed by atoms with E-state index in [1.165, 1.54) is 5.56 Å². The molecule has 2 aromatic rings. The summed E-state index contributed by atoms with van der Waals surface area (Å²) in [7, 11) is 0. The molecule has 1 aromatic heterocycles. The fourth-order valence-electron chi connectivity index (χ4n) is 2.19. The van der Waals surface area contributed by atoms with E-state index >= 15 is 0 Å². The maximum Gasteiger partial charge on any atom is 0.104 e. The van der Waals surface area contributed by atoms with Crippen LogP contribution in [0.3, 0.4) is 0 Å². The predicted molar refractivity (Wildman–Crippen MR) is 90.4 cm³/mol. The van der Waals surface area contributed by atoms with E-state index in [1.807, 2.05) is 6.07 Å². The van der Waals surface area contributed by atoms with E-state index in [2.05, 4.69) is 52.8 Å². The van der Waals surface area contributed by atoms with Crippen molar-refractivity contribution in [1.29, 1.82) is 0 Å². The molecule has 2 rings (SSSR count). The van der Waals surface area contributed by atoms with E-state index in [0.717, 1.165) is 22.2 Å². The van der Waals surface area contributed by atoms with E-state index in [0.29, 0.717) is 10.9 Å². The number of pyridine rings is 1. The first-order chi connectivity index (χ1) is 9.20. The number of fused-ring (bicyclic) bond motifs is 1. The number of hydrogen-bond donors (Lipinski definition) is 1. The number of aromatic nitrogens is 1. The quantitative estimate of drug-likeness (QED) is 0.837. The molecule has 0 radical (unpaired) electrons. The summed E-state index contributed by atoms with van der Waals surface area (Å²) in [5.41, 5.74) is 10.1. The zero-order valence-electron chi connectivity index (χ0n) is 12.8. The van der Waals surface area contributed by atoms with Gasteiger partial charge in [-0.1, -0.05) is 52.9 Å². The van der Waals surface area contributed by atoms with Gasteiger partial charge in [-0.3, -0.25) is 4.98 Å². The van der Waals surface area contributed by atoms with Gasteiger partial charge in [0.2, 0.25) is 0 Å². The summed E-state index contributed by atoms with van der Waals surface area (Å²) in [6.45, 7) is 10.8. The van der Waals surface area contributed by atoms with Crippen molar-refractivity contribution in [3.05, 3.63) is 41.1 Å². The minimum Gasteiger partial charge on any atom is -0.389 e. The van der Waals surface area contributed by atoms with Crippen LogP contribution in [0.2, 0.25) is 0 Å². The molecule has 0 aliphatic heterocycles. The lowest BCUT2D eigenvalue weighted by molar-refractivity contribution is 0.571. The molecule has 20 heavy (non-hydrogen) atoms. The highest BCUT2D eigenvalue weighted by atomic mass is 32.1. The van der Waals surface area contributed by atoms with Gasteiger partial charge in [-0.05, 0) is 29.7 Å². The molecule has 0 bridgehead atoms. The molecule has 2 nitrogen and oxygen atoms in total. The van der Waals surface area contributed by atoms with Gasteiger partial charge in [-0.25, -0.2) is 0 Å². The highest BCUT2D eigenvalue weighted by molar-refractivity contribution is 7.80. The van der Waals surface area contributed by atoms with Gasteiger partial charge in [0.25, 0.3) is 0 Å². The van der Waals surface area contributed by atoms with Crippen LogP contribution in [-0.2, 0) is 5.41 Å². The Bertz CT molecular complexity index is 666. The van der Waals surface area contributed by atoms with Gasteiger partial charge in [0.15, 0.2) is 0 Å². The summed E-state index contributed by atoms with van der Waals surface area (Å²) in [5, 5.41) is 1.05. The molecule has 2 N–H and O–H groups in total. The van der Waals surface area contributed by atoms with Crippen LogP contribution in [-0.4, -0.2) is 9.97 Å². The number of rotatable bonds is 2. The molecule has 0 saturated heterocycles. The van der Waals surface area contributed by atoms with Gasteiger partial charge in [-0.2, -0.15) is 0 Å². The lowest BCUT2D eigenvalue weighted by Gasteiger charge is -2.20. The minimum atomic E-state index is -0.0234. The van der Waals surface area contributed by atoms with Crippen molar-refractivity contribution in [2.24, 2.45) is 5.73 Å². The van der Waals surface area contributed by atoms with Crippen LogP contribution in [0, 0.1) is 0 Å². The van der Waals surface area contributed by atoms with Gasteiger partial charge >= 0.3 is 0 Å². The zero-order chi connectivity index (χ0) is 15.1. The number of hydrogen-bond acceptors (Lipinski definition) is 2. The first-order valence-electron chi connectivity index (χ1n) is 6.95. The fraction of sp³-hybridized carbons (Fsp3) is 0.412. The normalized spacial score (nSPS) is 12.1. The van der Waals surface area contributed by atoms with Gasteiger partial charge < -0.3 is 5.73 Å². The molecule has 1 aromatic carbocycles. The Balaban J connectivity index is 2.78. The average Bonchev–Trinajstić information content (AvgIpc) is 2.35. The third-order valence-corrected chi connectivity index (χ3v) is 3.75. The second kappa shape index (κ2) is 5.13. The van der Waals surface area contributed by atoms with Crippen LogP contribution in [0.15, 0.2) is 24.3 Å². The van der Waals surface area contributed by atoms with Crippen molar-refractivity contribution in [2.45, 2.75) is 46.0 Å². The highest BCUT2D eigenvalue weighted by Crippen LogP contribution is 2.28. The molecule has 0 atom stereocenters. The Hall–Kier alpha value is -1.48. The number of benzene rings is 1. The number of nitrogens with two attached hydrogens (primary N) is 1. The van der Waals surface area contributed by atoms with Gasteiger partial charge in [-0.15, -0.1) is 0 Å². The Morgan fingerprint density at radius 3 is 2.35 bits per heavy atom. The van der Waals surface area contributed by atoms with Crippen LogP contribution >= 0.6 is 12.2 Å². The Morgan fingerprint density at radius 2 is 1.85 bits per heavy atom. The molecule has 0 fully saturated rings. The molecule has 3 heteroatoms. The SMILES string of the molecule is CC(C)c1ccc2nc(C(C)(C)C)cc(C(N)=S)c2c1. The standard InChI is InChI=1S/C17H22N2S/c1-10(2)11-6-7-14-12(8-11)13(16(18)20)9-15(19-14)17(3,4)5/h6-10H,1-5H3,(H2,18,20). The summed E-state index contributed by atoms with van der Waals surface area (Å²) in [4.78, 5) is 5.21. The fourth-order valence-corrected chi connectivity index (χ4v) is 2.36. The van der Waals surface area contributed by atoms with Crippen LogP contribution in [0.25, 0.3) is 10.9 Å². The molecule has 0 spiro atoms. The summed E-state index contributed by atoms with van der Waals surface area (Å²) in [6.07, 6.45) is 0. The van der Waals surface area contributed by atoms with E-state index in [-0.39, 0.29) is 5.41 Å². The first-order valence-corrected chi connectivity index (χ1v) is 7.36. The monoisotopic (exact) mass is 286 g/mol. The van der Waals surface area contributed by atoms with Crippen LogP contribution in [0.1, 0.15) is 57.4 Å². The Labute approximate surface area is 126 Å². The lowest BCUT2D eigenvalue weighted by Crippen LogP contribution is -2.17. The predicted octanol–water partition coefficient (Wildman–Crippen LogP) is 4.29. The van der Waals surface area contributed by atoms with Crippen molar-refractivity contribution in [2.75, 3.05) is 0 Å². The summed E-state index contributed by atoms with van der Waals surface area (Å²) in [5.74, 6) is 0.473. The van der Waals surface area contributed by atoms with E-state index in [9.17, 15) is 0 Å². The minimum absolute atomic E-state index is 0.0234. The molecule has 0 amide bonds. The second-order valence-corrected chi connectivity index (χ2v) is 7.04. The van der Waals surface area contributed by atoms with E-state index < -0.39 is 0 Å². The van der Waals surface area contributed by atoms with Crippen LogP contribution < -0.4 is 5.73 Å². The molecule has 0 unspecified atom stereocenters. The van der Waals surface area contributed by atoms with Gasteiger partial charge in [0, 0.05) is 22.1 Å². The summed E-state index contributed by atoms with van der Waals surface area (Å²) in [6, 6.07) is 8.40. The third-order valence-electron chi connectivity index (χ3n) is 3.53. The van der Waals surface area contributed by atoms with Gasteiger partial charge in [0.05, 0.1) is 5.52 Å². The van der Waals surface area contributed by atoms with Crippen LogP contribution in [0.5, 0.6) is 0 Å². The molecular formula is C17H22N2S. The lowest BCUT2D eigenvalue weighted by atomic mass is 9.89. The average molecular weight is 286 g/mol. The third kappa shape index (κ3) is 2.83.